The number of piperazine rings is 1. The van der Waals surface area contributed by atoms with Crippen molar-refractivity contribution < 1.29 is 5.11 Å². The van der Waals surface area contributed by atoms with Crippen molar-refractivity contribution in [3.05, 3.63) is 93.3 Å². The van der Waals surface area contributed by atoms with Crippen LogP contribution >= 0.6 is 32.9 Å². The summed E-state index contributed by atoms with van der Waals surface area (Å²) in [6.45, 7) is 8.01. The summed E-state index contributed by atoms with van der Waals surface area (Å²) in [6, 6.07) is 25.0. The first kappa shape index (κ1) is 23.4. The topological polar surface area (TPSA) is 26.7 Å². The number of phenolic OH excluding ortho intramolecular Hbond substituents is 1. The van der Waals surface area contributed by atoms with Gasteiger partial charge in [0.05, 0.1) is 4.88 Å². The van der Waals surface area contributed by atoms with Crippen LogP contribution in [0.1, 0.15) is 16.7 Å². The highest BCUT2D eigenvalue weighted by molar-refractivity contribution is 7.80. The van der Waals surface area contributed by atoms with Crippen LogP contribution in [0.5, 0.6) is 5.75 Å². The van der Waals surface area contributed by atoms with E-state index < -0.39 is 0 Å². The summed E-state index contributed by atoms with van der Waals surface area (Å²) in [5.41, 5.74) is 7.13. The van der Waals surface area contributed by atoms with Crippen molar-refractivity contribution >= 4 is 32.9 Å². The highest BCUT2D eigenvalue weighted by Gasteiger charge is 2.20. The molecule has 0 spiro atoms. The number of benzene rings is 3. The van der Waals surface area contributed by atoms with Crippen molar-refractivity contribution in [2.24, 2.45) is 0 Å². The predicted octanol–water partition coefficient (Wildman–Crippen LogP) is 7.20. The van der Waals surface area contributed by atoms with E-state index in [1.165, 1.54) is 21.6 Å². The molecule has 0 bridgehead atoms. The zero-order chi connectivity index (χ0) is 23.5. The number of aromatic hydroxyl groups is 1. The van der Waals surface area contributed by atoms with E-state index in [2.05, 4.69) is 71.3 Å². The third kappa shape index (κ3) is 5.16. The van der Waals surface area contributed by atoms with Gasteiger partial charge in [-0.2, -0.15) is 0 Å². The Bertz CT molecular complexity index is 1320. The second-order valence-electron chi connectivity index (χ2n) is 8.85. The quantitative estimate of drug-likeness (QED) is 0.222. The number of hydrogen-bond acceptors (Lipinski definition) is 6. The fraction of sp³-hybridized carbons (Fsp3) is 0.250. The third-order valence-electron chi connectivity index (χ3n) is 6.55. The molecule has 3 nitrogen and oxygen atoms in total. The van der Waals surface area contributed by atoms with Crippen LogP contribution < -0.4 is 0 Å². The van der Waals surface area contributed by atoms with Crippen molar-refractivity contribution in [3.63, 3.8) is 0 Å². The molecule has 1 N–H and O–H groups in total. The van der Waals surface area contributed by atoms with Gasteiger partial charge in [0, 0.05) is 50.4 Å². The van der Waals surface area contributed by atoms with Crippen molar-refractivity contribution in [2.45, 2.75) is 20.0 Å². The van der Waals surface area contributed by atoms with Gasteiger partial charge in [0.15, 0.2) is 0 Å². The standard InChI is InChI=1S/C28H28N2OS3/c1-20-7-5-6-10-23(20)18-29-13-15-30(16-14-29)19-24-17-22(11-12-25(24)31)26-27(33-34-28(26)32)21-8-3-2-4-9-21/h2-12,17,31H,13-16,18-19H2,1H3. The van der Waals surface area contributed by atoms with Gasteiger partial charge >= 0.3 is 0 Å². The van der Waals surface area contributed by atoms with Crippen LogP contribution in [0.2, 0.25) is 0 Å². The first-order valence-corrected chi connectivity index (χ1v) is 14.1. The molecule has 0 amide bonds. The lowest BCUT2D eigenvalue weighted by Crippen LogP contribution is -2.45. The Kier molecular flexibility index (Phi) is 7.23. The first-order chi connectivity index (χ1) is 16.6. The van der Waals surface area contributed by atoms with E-state index in [-0.39, 0.29) is 0 Å². The molecule has 0 saturated carbocycles. The molecular formula is C28H28N2OS3. The Hall–Kier alpha value is -2.35. The van der Waals surface area contributed by atoms with Gasteiger partial charge < -0.3 is 5.11 Å². The van der Waals surface area contributed by atoms with Crippen LogP contribution in [-0.4, -0.2) is 41.1 Å². The summed E-state index contributed by atoms with van der Waals surface area (Å²) in [7, 11) is 3.38. The zero-order valence-corrected chi connectivity index (χ0v) is 21.7. The predicted molar refractivity (Wildman–Crippen MR) is 147 cm³/mol. The molecule has 174 valence electrons. The summed E-state index contributed by atoms with van der Waals surface area (Å²) in [4.78, 5) is 6.17. The summed E-state index contributed by atoms with van der Waals surface area (Å²) in [5.74, 6) is 0.358. The Balaban J connectivity index is 1.30. The molecule has 1 aliphatic heterocycles. The lowest BCUT2D eigenvalue weighted by molar-refractivity contribution is 0.121. The van der Waals surface area contributed by atoms with Crippen molar-refractivity contribution in [1.29, 1.82) is 0 Å². The molecule has 4 aromatic rings. The minimum absolute atomic E-state index is 0.358. The molecule has 0 aliphatic carbocycles. The smallest absolute Gasteiger partial charge is 0.120 e. The maximum absolute atomic E-state index is 10.6. The summed E-state index contributed by atoms with van der Waals surface area (Å²) in [6.07, 6.45) is 0. The lowest BCUT2D eigenvalue weighted by atomic mass is 10.0. The number of aryl methyl sites for hydroxylation is 1. The number of hydrogen-bond donors (Lipinski definition) is 1. The number of phenols is 1. The van der Waals surface area contributed by atoms with Gasteiger partial charge in [-0.1, -0.05) is 93.6 Å². The van der Waals surface area contributed by atoms with Gasteiger partial charge in [0.2, 0.25) is 0 Å². The van der Waals surface area contributed by atoms with Crippen LogP contribution in [0.15, 0.2) is 72.8 Å². The highest BCUT2D eigenvalue weighted by Crippen LogP contribution is 2.42. The fourth-order valence-electron chi connectivity index (χ4n) is 4.53. The molecule has 0 atom stereocenters. The van der Waals surface area contributed by atoms with E-state index in [0.717, 1.165) is 59.8 Å². The van der Waals surface area contributed by atoms with Gasteiger partial charge in [-0.15, -0.1) is 0 Å². The molecule has 0 unspecified atom stereocenters. The molecule has 5 rings (SSSR count). The minimum Gasteiger partial charge on any atom is -0.508 e. The SMILES string of the molecule is Cc1ccccc1CN1CCN(Cc2cc(-c3c(-c4ccccc4)ssc3=S)ccc2O)CC1. The van der Waals surface area contributed by atoms with Gasteiger partial charge in [0.25, 0.3) is 0 Å². The lowest BCUT2D eigenvalue weighted by Gasteiger charge is -2.35. The number of nitrogens with zero attached hydrogens (tertiary/aromatic N) is 2. The van der Waals surface area contributed by atoms with Gasteiger partial charge in [0.1, 0.15) is 9.57 Å². The van der Waals surface area contributed by atoms with Crippen molar-refractivity contribution in [1.82, 2.24) is 9.80 Å². The average molecular weight is 505 g/mol. The van der Waals surface area contributed by atoms with E-state index in [1.54, 1.807) is 20.7 Å². The maximum atomic E-state index is 10.6. The summed E-state index contributed by atoms with van der Waals surface area (Å²) >= 11 is 5.72. The first-order valence-electron chi connectivity index (χ1n) is 11.6. The second-order valence-corrected chi connectivity index (χ2v) is 11.7. The normalized spacial score (nSPS) is 15.0. The van der Waals surface area contributed by atoms with Crippen LogP contribution in [0.25, 0.3) is 21.6 Å². The number of rotatable bonds is 6. The monoisotopic (exact) mass is 504 g/mol. The summed E-state index contributed by atoms with van der Waals surface area (Å²) < 4.78 is 0.908. The van der Waals surface area contributed by atoms with Crippen molar-refractivity contribution in [3.8, 4) is 27.3 Å². The molecule has 34 heavy (non-hydrogen) atoms. The van der Waals surface area contributed by atoms with E-state index >= 15 is 0 Å². The fourth-order valence-corrected chi connectivity index (χ4v) is 7.45. The molecule has 1 saturated heterocycles. The minimum atomic E-state index is 0.358. The van der Waals surface area contributed by atoms with E-state index in [4.69, 9.17) is 12.2 Å². The molecule has 1 aliphatic rings. The molecule has 1 aromatic heterocycles. The van der Waals surface area contributed by atoms with Gasteiger partial charge in [-0.25, -0.2) is 0 Å². The van der Waals surface area contributed by atoms with E-state index in [1.807, 2.05) is 18.2 Å². The maximum Gasteiger partial charge on any atom is 0.120 e. The Labute approximate surface area is 213 Å². The van der Waals surface area contributed by atoms with Crippen LogP contribution in [0, 0.1) is 10.7 Å². The molecule has 3 aromatic carbocycles. The molecule has 0 radical (unpaired) electrons. The van der Waals surface area contributed by atoms with Gasteiger partial charge in [-0.05, 0) is 41.3 Å². The van der Waals surface area contributed by atoms with Crippen LogP contribution in [0.3, 0.4) is 0 Å². The van der Waals surface area contributed by atoms with Crippen molar-refractivity contribution in [2.75, 3.05) is 26.2 Å². The Morgan fingerprint density at radius 1 is 0.765 bits per heavy atom. The highest BCUT2D eigenvalue weighted by atomic mass is 32.9. The van der Waals surface area contributed by atoms with Crippen LogP contribution in [0.4, 0.5) is 0 Å². The Morgan fingerprint density at radius 2 is 1.41 bits per heavy atom. The molecule has 1 fully saturated rings. The molecule has 6 heteroatoms. The van der Waals surface area contributed by atoms with Crippen LogP contribution in [-0.2, 0) is 13.1 Å². The molecule has 2 heterocycles. The Morgan fingerprint density at radius 3 is 2.12 bits per heavy atom. The molecular weight excluding hydrogens is 477 g/mol. The van der Waals surface area contributed by atoms with E-state index in [9.17, 15) is 5.11 Å². The zero-order valence-electron chi connectivity index (χ0n) is 19.2. The van der Waals surface area contributed by atoms with E-state index in [0.29, 0.717) is 5.75 Å². The second kappa shape index (κ2) is 10.5. The average Bonchev–Trinajstić information content (AvgIpc) is 3.25. The third-order valence-corrected chi connectivity index (χ3v) is 9.62. The largest absolute Gasteiger partial charge is 0.508 e. The van der Waals surface area contributed by atoms with Gasteiger partial charge in [-0.3, -0.25) is 9.80 Å². The summed E-state index contributed by atoms with van der Waals surface area (Å²) in [5, 5.41) is 10.6.